The molecule has 2 N–H and O–H groups in total. The zero-order valence-corrected chi connectivity index (χ0v) is 15.5. The number of anilines is 3. The van der Waals surface area contributed by atoms with E-state index in [0.717, 1.165) is 54.1 Å². The van der Waals surface area contributed by atoms with E-state index in [0.29, 0.717) is 0 Å². The number of nitrogens with zero attached hydrogens (tertiary/aromatic N) is 3. The summed E-state index contributed by atoms with van der Waals surface area (Å²) in [6.07, 6.45) is 8.33. The molecule has 6 heteroatoms. The molecule has 0 saturated carbocycles. The van der Waals surface area contributed by atoms with Crippen molar-refractivity contribution in [2.75, 3.05) is 22.1 Å². The highest BCUT2D eigenvalue weighted by Crippen LogP contribution is 2.48. The van der Waals surface area contributed by atoms with Gasteiger partial charge in [0.15, 0.2) is 0 Å². The first kappa shape index (κ1) is 16.8. The lowest BCUT2D eigenvalue weighted by atomic mass is 9.86. The lowest BCUT2D eigenvalue weighted by Crippen LogP contribution is -2.36. The molecule has 1 aromatic carbocycles. The van der Waals surface area contributed by atoms with Gasteiger partial charge in [-0.1, -0.05) is 19.8 Å². The fraction of sp³-hybridized carbons (Fsp3) is 0.450. The van der Waals surface area contributed by atoms with Crippen molar-refractivity contribution >= 4 is 23.0 Å². The topological polar surface area (TPSA) is 70.2 Å². The van der Waals surface area contributed by atoms with Gasteiger partial charge in [-0.3, -0.25) is 14.8 Å². The predicted molar refractivity (Wildman–Crippen MR) is 103 cm³/mol. The fourth-order valence-corrected chi connectivity index (χ4v) is 3.81. The Balaban J connectivity index is 1.66. The molecule has 3 heterocycles. The minimum Gasteiger partial charge on any atom is -0.359 e. The number of benzene rings is 1. The first-order valence-electron chi connectivity index (χ1n) is 9.32. The monoisotopic (exact) mass is 351 g/mol. The molecule has 0 radical (unpaired) electrons. The Morgan fingerprint density at radius 1 is 1.15 bits per heavy atom. The third-order valence-corrected chi connectivity index (χ3v) is 5.34. The third kappa shape index (κ3) is 2.60. The molecule has 1 atom stereocenters. The second kappa shape index (κ2) is 6.27. The second-order valence-electron chi connectivity index (χ2n) is 7.56. The van der Waals surface area contributed by atoms with Gasteiger partial charge in [0.25, 0.3) is 0 Å². The highest BCUT2D eigenvalue weighted by molar-refractivity contribution is 6.09. The molecule has 1 amide bonds. The molecular formula is C20H25N5O. The number of carbonyl (C=O) groups is 1. The van der Waals surface area contributed by atoms with Crippen LogP contribution in [0.15, 0.2) is 30.7 Å². The zero-order valence-electron chi connectivity index (χ0n) is 15.5. The van der Waals surface area contributed by atoms with Crippen molar-refractivity contribution in [3.63, 3.8) is 0 Å². The number of amides is 1. The number of hydrogen-bond donors (Lipinski definition) is 2. The lowest BCUT2D eigenvalue weighted by Gasteiger charge is -2.20. The van der Waals surface area contributed by atoms with E-state index in [2.05, 4.69) is 39.7 Å². The van der Waals surface area contributed by atoms with Gasteiger partial charge in [-0.25, -0.2) is 0 Å². The first-order chi connectivity index (χ1) is 12.5. The van der Waals surface area contributed by atoms with Crippen LogP contribution in [0.2, 0.25) is 0 Å². The molecule has 0 fully saturated rings. The van der Waals surface area contributed by atoms with E-state index in [4.69, 9.17) is 0 Å². The largest absolute Gasteiger partial charge is 0.359 e. The number of fused-ring (bicyclic) bond motifs is 2. The maximum absolute atomic E-state index is 13.0. The highest BCUT2D eigenvalue weighted by atomic mass is 16.2. The Hall–Kier alpha value is -2.63. The fourth-order valence-electron chi connectivity index (χ4n) is 3.81. The van der Waals surface area contributed by atoms with Crippen LogP contribution < -0.4 is 15.5 Å². The predicted octanol–water partition coefficient (Wildman–Crippen LogP) is 3.83. The molecule has 2 aliphatic rings. The smallest absolute Gasteiger partial charge is 0.237 e. The summed E-state index contributed by atoms with van der Waals surface area (Å²) in [6, 6.07) is 4.22. The number of nitrogens with one attached hydrogen (secondary N) is 2. The quantitative estimate of drug-likeness (QED) is 0.801. The van der Waals surface area contributed by atoms with E-state index < -0.39 is 5.41 Å². The number of rotatable bonds is 5. The van der Waals surface area contributed by atoms with Gasteiger partial charge in [0, 0.05) is 18.9 Å². The number of unbranched alkanes of at least 4 members (excludes halogenated alkanes) is 2. The zero-order chi connectivity index (χ0) is 18.3. The Morgan fingerprint density at radius 3 is 2.62 bits per heavy atom. The van der Waals surface area contributed by atoms with Crippen LogP contribution >= 0.6 is 0 Å². The number of aromatic nitrogens is 2. The van der Waals surface area contributed by atoms with Crippen molar-refractivity contribution in [2.24, 2.45) is 0 Å². The van der Waals surface area contributed by atoms with Gasteiger partial charge in [-0.15, -0.1) is 0 Å². The molecule has 4 rings (SSSR count). The van der Waals surface area contributed by atoms with Gasteiger partial charge in [-0.05, 0) is 38.0 Å². The molecule has 0 spiro atoms. The van der Waals surface area contributed by atoms with Gasteiger partial charge in [0.1, 0.15) is 11.9 Å². The van der Waals surface area contributed by atoms with E-state index in [1.807, 2.05) is 18.7 Å². The minimum absolute atomic E-state index is 0.103. The van der Waals surface area contributed by atoms with E-state index >= 15 is 0 Å². The average molecular weight is 351 g/mol. The molecule has 0 saturated heterocycles. The number of carbonyl (C=O) groups excluding carboxylic acids is 1. The third-order valence-electron chi connectivity index (χ3n) is 5.34. The Labute approximate surface area is 154 Å². The molecule has 0 bridgehead atoms. The van der Waals surface area contributed by atoms with E-state index in [1.54, 1.807) is 18.6 Å². The maximum atomic E-state index is 13.0. The molecule has 6 nitrogen and oxygen atoms in total. The molecule has 26 heavy (non-hydrogen) atoms. The Bertz CT molecular complexity index is 834. The van der Waals surface area contributed by atoms with Crippen molar-refractivity contribution in [3.8, 4) is 0 Å². The van der Waals surface area contributed by atoms with Gasteiger partial charge < -0.3 is 15.5 Å². The van der Waals surface area contributed by atoms with E-state index in [-0.39, 0.29) is 12.1 Å². The molecule has 2 aliphatic heterocycles. The number of hydrogen-bond acceptors (Lipinski definition) is 5. The summed E-state index contributed by atoms with van der Waals surface area (Å²) >= 11 is 0. The van der Waals surface area contributed by atoms with Crippen LogP contribution in [0.3, 0.4) is 0 Å². The minimum atomic E-state index is -0.497. The van der Waals surface area contributed by atoms with Gasteiger partial charge >= 0.3 is 0 Å². The summed E-state index contributed by atoms with van der Waals surface area (Å²) in [7, 11) is 0. The van der Waals surface area contributed by atoms with Crippen LogP contribution in [0.1, 0.15) is 57.5 Å². The van der Waals surface area contributed by atoms with Crippen LogP contribution in [0.4, 0.5) is 17.1 Å². The van der Waals surface area contributed by atoms with Crippen LogP contribution in [0.25, 0.3) is 0 Å². The average Bonchev–Trinajstić information content (AvgIpc) is 3.14. The standard InChI is InChI=1S/C20H25N5O/c1-4-5-6-9-25-17-11-15-14(10-13(17)20(2,3)19(25)26)23-18(24-15)16-12-21-7-8-22-16/h7-8,10-12,18,23-24H,4-6,9H2,1-3H3. The van der Waals surface area contributed by atoms with E-state index in [1.165, 1.54) is 0 Å². The van der Waals surface area contributed by atoms with Crippen molar-refractivity contribution < 1.29 is 4.79 Å². The van der Waals surface area contributed by atoms with Gasteiger partial charge in [0.2, 0.25) is 5.91 Å². The lowest BCUT2D eigenvalue weighted by molar-refractivity contribution is -0.122. The Kier molecular flexibility index (Phi) is 4.05. The SMILES string of the molecule is CCCCCN1C(=O)C(C)(C)c2cc3c(cc21)NC(c1cnccn1)N3. The van der Waals surface area contributed by atoms with Crippen LogP contribution in [-0.4, -0.2) is 22.4 Å². The van der Waals surface area contributed by atoms with Crippen molar-refractivity contribution in [1.29, 1.82) is 0 Å². The molecule has 1 aromatic heterocycles. The van der Waals surface area contributed by atoms with Crippen LogP contribution in [-0.2, 0) is 10.2 Å². The first-order valence-corrected chi connectivity index (χ1v) is 9.32. The molecule has 1 unspecified atom stereocenters. The highest BCUT2D eigenvalue weighted by Gasteiger charge is 2.44. The summed E-state index contributed by atoms with van der Waals surface area (Å²) in [5.41, 5.74) is 4.49. The van der Waals surface area contributed by atoms with E-state index in [9.17, 15) is 4.79 Å². The summed E-state index contributed by atoms with van der Waals surface area (Å²) in [4.78, 5) is 23.4. The summed E-state index contributed by atoms with van der Waals surface area (Å²) in [5.74, 6) is 0.192. The second-order valence-corrected chi connectivity index (χ2v) is 7.56. The van der Waals surface area contributed by atoms with Gasteiger partial charge in [0.05, 0.1) is 28.7 Å². The summed E-state index contributed by atoms with van der Waals surface area (Å²) < 4.78 is 0. The molecular weight excluding hydrogens is 326 g/mol. The molecule has 136 valence electrons. The molecule has 2 aromatic rings. The summed E-state index contributed by atoms with van der Waals surface area (Å²) in [6.45, 7) is 6.99. The maximum Gasteiger partial charge on any atom is 0.237 e. The van der Waals surface area contributed by atoms with Crippen molar-refractivity contribution in [3.05, 3.63) is 42.0 Å². The summed E-state index contributed by atoms with van der Waals surface area (Å²) in [5, 5.41) is 6.92. The van der Waals surface area contributed by atoms with Gasteiger partial charge in [-0.2, -0.15) is 0 Å². The van der Waals surface area contributed by atoms with Crippen molar-refractivity contribution in [1.82, 2.24) is 9.97 Å². The van der Waals surface area contributed by atoms with Crippen LogP contribution in [0, 0.1) is 0 Å². The normalized spacial score (nSPS) is 19.7. The molecule has 0 aliphatic carbocycles. The Morgan fingerprint density at radius 2 is 1.92 bits per heavy atom. The van der Waals surface area contributed by atoms with Crippen LogP contribution in [0.5, 0.6) is 0 Å². The van der Waals surface area contributed by atoms with Crippen molar-refractivity contribution in [2.45, 2.75) is 51.6 Å².